The molecule has 0 N–H and O–H groups in total. The largest absolute Gasteiger partial charge is 0.463 e. The van der Waals surface area contributed by atoms with Crippen molar-refractivity contribution in [3.05, 3.63) is 23.8 Å². The van der Waals surface area contributed by atoms with E-state index in [4.69, 9.17) is 9.47 Å². The van der Waals surface area contributed by atoms with Crippen LogP contribution in [-0.2, 0) is 19.1 Å². The van der Waals surface area contributed by atoms with Crippen LogP contribution in [0.25, 0.3) is 0 Å². The van der Waals surface area contributed by atoms with E-state index in [0.29, 0.717) is 54.0 Å². The Bertz CT molecular complexity index is 782. The minimum absolute atomic E-state index is 0.152. The number of rotatable bonds is 4. The summed E-state index contributed by atoms with van der Waals surface area (Å²) in [5.41, 5.74) is 1.80. The predicted octanol–water partition coefficient (Wildman–Crippen LogP) is 4.63. The summed E-state index contributed by atoms with van der Waals surface area (Å²) in [7, 11) is 0. The Morgan fingerprint density at radius 1 is 1.24 bits per heavy atom. The predicted molar refractivity (Wildman–Crippen MR) is 110 cm³/mol. The fourth-order valence-corrected chi connectivity index (χ4v) is 7.82. The Morgan fingerprint density at radius 2 is 2.07 bits per heavy atom. The Morgan fingerprint density at radius 3 is 2.86 bits per heavy atom. The molecule has 4 heteroatoms. The lowest BCUT2D eigenvalue weighted by Gasteiger charge is -2.56. The van der Waals surface area contributed by atoms with Gasteiger partial charge in [-0.25, -0.2) is 4.79 Å². The smallest absolute Gasteiger partial charge is 0.330 e. The maximum absolute atomic E-state index is 12.1. The van der Waals surface area contributed by atoms with Crippen LogP contribution in [0.15, 0.2) is 23.8 Å². The van der Waals surface area contributed by atoms with E-state index in [-0.39, 0.29) is 17.5 Å². The summed E-state index contributed by atoms with van der Waals surface area (Å²) < 4.78 is 11.3. The third kappa shape index (κ3) is 2.89. The summed E-state index contributed by atoms with van der Waals surface area (Å²) in [6.07, 6.45) is 13.8. The fourth-order valence-electron chi connectivity index (χ4n) is 7.82. The molecule has 0 radical (unpaired) electrons. The van der Waals surface area contributed by atoms with Gasteiger partial charge in [-0.3, -0.25) is 4.79 Å². The van der Waals surface area contributed by atoms with E-state index in [9.17, 15) is 9.59 Å². The van der Waals surface area contributed by atoms with Crippen molar-refractivity contribution >= 4 is 11.8 Å². The number of carbonyl (C=O) groups excluding carboxylic acids is 2. The number of epoxide rings is 1. The summed E-state index contributed by atoms with van der Waals surface area (Å²) in [4.78, 5) is 23.7. The normalized spacial score (nSPS) is 47.7. The van der Waals surface area contributed by atoms with Gasteiger partial charge in [-0.1, -0.05) is 19.9 Å². The zero-order valence-corrected chi connectivity index (χ0v) is 18.0. The number of fused-ring (bicyclic) bond motifs is 8. The maximum atomic E-state index is 12.1. The Balaban J connectivity index is 1.36. The van der Waals surface area contributed by atoms with Crippen molar-refractivity contribution in [1.29, 1.82) is 0 Å². The first kappa shape index (κ1) is 19.5. The van der Waals surface area contributed by atoms with E-state index < -0.39 is 0 Å². The molecule has 0 spiro atoms. The van der Waals surface area contributed by atoms with E-state index in [2.05, 4.69) is 13.8 Å². The van der Waals surface area contributed by atoms with Crippen molar-refractivity contribution in [2.45, 2.75) is 77.9 Å². The molecule has 0 bridgehead atoms. The molecule has 4 fully saturated rings. The quantitative estimate of drug-likeness (QED) is 0.394. The van der Waals surface area contributed by atoms with Crippen LogP contribution in [-0.4, -0.2) is 30.6 Å². The van der Waals surface area contributed by atoms with E-state index >= 15 is 0 Å². The number of esters is 1. The molecule has 4 aliphatic carbocycles. The zero-order valence-electron chi connectivity index (χ0n) is 18.0. The number of allylic oxidation sites excluding steroid dienone is 1. The lowest BCUT2D eigenvalue weighted by molar-refractivity contribution is -0.137. The highest BCUT2D eigenvalue weighted by Crippen LogP contribution is 2.70. The third-order valence-corrected chi connectivity index (χ3v) is 9.39. The molecule has 29 heavy (non-hydrogen) atoms. The Hall–Kier alpha value is -1.42. The van der Waals surface area contributed by atoms with Crippen LogP contribution in [0, 0.1) is 34.5 Å². The fraction of sp³-hybridized carbons (Fsp3) is 0.760. The van der Waals surface area contributed by atoms with Crippen LogP contribution in [0.1, 0.15) is 65.7 Å². The van der Waals surface area contributed by atoms with Gasteiger partial charge in [-0.2, -0.15) is 0 Å². The number of ether oxygens (including phenoxy) is 2. The van der Waals surface area contributed by atoms with Gasteiger partial charge in [0.1, 0.15) is 6.10 Å². The molecule has 8 atom stereocenters. The van der Waals surface area contributed by atoms with Crippen molar-refractivity contribution in [3.8, 4) is 0 Å². The van der Waals surface area contributed by atoms with Crippen molar-refractivity contribution in [1.82, 2.24) is 0 Å². The number of hydrogen-bond donors (Lipinski definition) is 0. The van der Waals surface area contributed by atoms with Crippen LogP contribution in [0.3, 0.4) is 0 Å². The topological polar surface area (TPSA) is 55.9 Å². The SMILES string of the molecule is CCOC(=O)/C=C/C[C@H]1CCC2C3C(CC[C@@]21C)[C@@]1(C)CCC(=O)C=C1[C@@H]1O[C@H]31. The van der Waals surface area contributed by atoms with Crippen LogP contribution >= 0.6 is 0 Å². The minimum Gasteiger partial charge on any atom is -0.463 e. The Kier molecular flexibility index (Phi) is 4.58. The molecule has 0 aromatic heterocycles. The van der Waals surface area contributed by atoms with Gasteiger partial charge in [-0.15, -0.1) is 0 Å². The molecule has 1 aliphatic heterocycles. The van der Waals surface area contributed by atoms with Gasteiger partial charge in [0.15, 0.2) is 5.78 Å². The summed E-state index contributed by atoms with van der Waals surface area (Å²) in [5, 5.41) is 0. The number of carbonyl (C=O) groups is 2. The monoisotopic (exact) mass is 398 g/mol. The van der Waals surface area contributed by atoms with Crippen molar-refractivity contribution < 1.29 is 19.1 Å². The second-order valence-electron chi connectivity index (χ2n) is 10.5. The zero-order chi connectivity index (χ0) is 20.4. The highest BCUT2D eigenvalue weighted by molar-refractivity contribution is 5.92. The molecule has 0 amide bonds. The maximum Gasteiger partial charge on any atom is 0.330 e. The lowest BCUT2D eigenvalue weighted by Crippen LogP contribution is -2.53. The molecule has 158 valence electrons. The number of ketones is 1. The molecule has 5 rings (SSSR count). The molecule has 1 heterocycles. The van der Waals surface area contributed by atoms with E-state index in [0.717, 1.165) is 12.8 Å². The molecule has 3 unspecified atom stereocenters. The molecule has 3 saturated carbocycles. The lowest BCUT2D eigenvalue weighted by atomic mass is 9.47. The second kappa shape index (κ2) is 6.80. The molecular formula is C25H34O4. The highest BCUT2D eigenvalue weighted by Gasteiger charge is 2.68. The van der Waals surface area contributed by atoms with Gasteiger partial charge < -0.3 is 9.47 Å². The van der Waals surface area contributed by atoms with Gasteiger partial charge in [0.2, 0.25) is 0 Å². The molecule has 4 nitrogen and oxygen atoms in total. The van der Waals surface area contributed by atoms with Gasteiger partial charge in [0, 0.05) is 12.5 Å². The highest BCUT2D eigenvalue weighted by atomic mass is 16.6. The first-order valence-corrected chi connectivity index (χ1v) is 11.6. The van der Waals surface area contributed by atoms with Crippen molar-refractivity contribution in [3.63, 3.8) is 0 Å². The molecule has 0 aromatic rings. The average molecular weight is 399 g/mol. The van der Waals surface area contributed by atoms with E-state index in [1.165, 1.54) is 31.3 Å². The van der Waals surface area contributed by atoms with Gasteiger partial charge in [0.05, 0.1) is 12.7 Å². The van der Waals surface area contributed by atoms with Gasteiger partial charge >= 0.3 is 5.97 Å². The van der Waals surface area contributed by atoms with Crippen LogP contribution in [0.5, 0.6) is 0 Å². The second-order valence-corrected chi connectivity index (χ2v) is 10.5. The first-order chi connectivity index (χ1) is 13.9. The van der Waals surface area contributed by atoms with Crippen molar-refractivity contribution in [2.75, 3.05) is 6.61 Å². The third-order valence-electron chi connectivity index (χ3n) is 9.39. The van der Waals surface area contributed by atoms with E-state index in [1.54, 1.807) is 6.08 Å². The standard InChI is InChI=1S/C25H34O4/c1-4-28-20(27)7-5-6-15-8-9-17-21-18(11-13-24(15,17)2)25(3)12-10-16(26)14-19(25)22-23(21)29-22/h5,7,14-15,17-18,21-23H,4,6,8-13H2,1-3H3/b7-5+/t15-,17?,18?,21?,22-,23+,24+,25+/m0/s1. The number of hydrogen-bond acceptors (Lipinski definition) is 4. The van der Waals surface area contributed by atoms with Gasteiger partial charge in [-0.05, 0) is 91.6 Å². The molecule has 5 aliphatic rings. The average Bonchev–Trinajstić information content (AvgIpc) is 3.40. The first-order valence-electron chi connectivity index (χ1n) is 11.6. The van der Waals surface area contributed by atoms with Crippen LogP contribution < -0.4 is 0 Å². The molecule has 1 saturated heterocycles. The van der Waals surface area contributed by atoms with E-state index in [1.807, 2.05) is 19.1 Å². The summed E-state index contributed by atoms with van der Waals surface area (Å²) in [5.74, 6) is 2.68. The van der Waals surface area contributed by atoms with Crippen molar-refractivity contribution in [2.24, 2.45) is 34.5 Å². The van der Waals surface area contributed by atoms with Gasteiger partial charge in [0.25, 0.3) is 0 Å². The minimum atomic E-state index is -0.225. The van der Waals surface area contributed by atoms with Crippen LogP contribution in [0.4, 0.5) is 0 Å². The molecular weight excluding hydrogens is 364 g/mol. The van der Waals surface area contributed by atoms with Crippen LogP contribution in [0.2, 0.25) is 0 Å². The molecule has 0 aromatic carbocycles. The summed E-state index contributed by atoms with van der Waals surface area (Å²) >= 11 is 0. The summed E-state index contributed by atoms with van der Waals surface area (Å²) in [6.45, 7) is 7.18. The Labute approximate surface area is 174 Å². The summed E-state index contributed by atoms with van der Waals surface area (Å²) in [6, 6.07) is 0.